The van der Waals surface area contributed by atoms with E-state index in [0.717, 1.165) is 38.5 Å². The molecular weight excluding hydrogens is 618 g/mol. The highest BCUT2D eigenvalue weighted by molar-refractivity contribution is 5.80. The number of hydrogen-bond donors (Lipinski definition) is 4. The second-order valence-electron chi connectivity index (χ2n) is 14.9. The van der Waals surface area contributed by atoms with Gasteiger partial charge in [0, 0.05) is 0 Å². The predicted octanol–water partition coefficient (Wildman–Crippen LogP) is 12.4. The maximum absolute atomic E-state index is 12.4. The first-order chi connectivity index (χ1) is 24.6. The number of unbranched alkanes of at least 4 members (excludes halogenated alkanes) is 27. The molecule has 0 rings (SSSR count). The Morgan fingerprint density at radius 3 is 1.22 bits per heavy atom. The van der Waals surface area contributed by atoms with Crippen LogP contribution in [-0.4, -0.2) is 46.1 Å². The van der Waals surface area contributed by atoms with Crippen LogP contribution >= 0.6 is 0 Å². The Balaban J connectivity index is 3.70. The van der Waals surface area contributed by atoms with Crippen molar-refractivity contribution in [1.82, 2.24) is 5.32 Å². The number of aliphatic hydroxyl groups excluding tert-OH is 3. The lowest BCUT2D eigenvalue weighted by atomic mass is 10.0. The summed E-state index contributed by atoms with van der Waals surface area (Å²) in [7, 11) is 0. The molecule has 0 aliphatic carbocycles. The van der Waals surface area contributed by atoms with E-state index in [2.05, 4.69) is 43.5 Å². The topological polar surface area (TPSA) is 89.8 Å². The molecule has 5 nitrogen and oxygen atoms in total. The van der Waals surface area contributed by atoms with Crippen LogP contribution in [-0.2, 0) is 4.79 Å². The van der Waals surface area contributed by atoms with E-state index in [0.29, 0.717) is 6.42 Å². The van der Waals surface area contributed by atoms with Crippen molar-refractivity contribution in [3.05, 3.63) is 36.5 Å². The zero-order chi connectivity index (χ0) is 36.6. The lowest BCUT2D eigenvalue weighted by molar-refractivity contribution is -0.131. The molecule has 0 saturated heterocycles. The molecule has 3 unspecified atom stereocenters. The van der Waals surface area contributed by atoms with Gasteiger partial charge >= 0.3 is 0 Å². The summed E-state index contributed by atoms with van der Waals surface area (Å²) < 4.78 is 0. The van der Waals surface area contributed by atoms with Crippen LogP contribution in [0.15, 0.2) is 36.5 Å². The fraction of sp³-hybridized carbons (Fsp3) is 0.844. The summed E-state index contributed by atoms with van der Waals surface area (Å²) in [5, 5.41) is 33.1. The lowest BCUT2D eigenvalue weighted by Crippen LogP contribution is -2.48. The molecule has 3 atom stereocenters. The molecule has 0 aromatic heterocycles. The van der Waals surface area contributed by atoms with Gasteiger partial charge in [0.2, 0.25) is 5.91 Å². The molecule has 50 heavy (non-hydrogen) atoms. The Morgan fingerprint density at radius 2 is 0.820 bits per heavy atom. The highest BCUT2D eigenvalue weighted by Crippen LogP contribution is 2.14. The van der Waals surface area contributed by atoms with Crippen molar-refractivity contribution >= 4 is 5.91 Å². The Kier molecular flexibility index (Phi) is 39.2. The molecule has 1 amide bonds. The molecule has 0 bridgehead atoms. The van der Waals surface area contributed by atoms with Gasteiger partial charge in [-0.3, -0.25) is 4.79 Å². The average Bonchev–Trinajstić information content (AvgIpc) is 3.12. The van der Waals surface area contributed by atoms with E-state index in [9.17, 15) is 20.1 Å². The van der Waals surface area contributed by atoms with Crippen molar-refractivity contribution in [2.75, 3.05) is 6.61 Å². The van der Waals surface area contributed by atoms with Gasteiger partial charge in [-0.15, -0.1) is 0 Å². The van der Waals surface area contributed by atoms with Gasteiger partial charge in [-0.25, -0.2) is 0 Å². The first-order valence-corrected chi connectivity index (χ1v) is 21.8. The fourth-order valence-electron chi connectivity index (χ4n) is 6.49. The van der Waals surface area contributed by atoms with Crippen LogP contribution < -0.4 is 5.32 Å². The van der Waals surface area contributed by atoms with Gasteiger partial charge in [0.1, 0.15) is 6.10 Å². The first kappa shape index (κ1) is 48.6. The highest BCUT2D eigenvalue weighted by atomic mass is 16.3. The summed E-state index contributed by atoms with van der Waals surface area (Å²) in [5.74, 6) is -0.518. The van der Waals surface area contributed by atoms with E-state index >= 15 is 0 Å². The largest absolute Gasteiger partial charge is 0.394 e. The molecular formula is C45H85NO4. The molecule has 0 radical (unpaired) electrons. The Bertz CT molecular complexity index is 779. The SMILES string of the molecule is CCCCCCCCCC/C=C/CC/C=C/C(O)C(CO)NC(=O)C(O)CCCCCCCC/C=C\CCCCCCCCCCCCCC. The smallest absolute Gasteiger partial charge is 0.249 e. The Hall–Kier alpha value is -1.43. The van der Waals surface area contributed by atoms with E-state index in [1.807, 2.05) is 6.08 Å². The number of allylic oxidation sites excluding steroid dienone is 5. The summed E-state index contributed by atoms with van der Waals surface area (Å²) in [6.07, 6.45) is 50.3. The Labute approximate surface area is 311 Å². The van der Waals surface area contributed by atoms with Gasteiger partial charge in [0.05, 0.1) is 18.8 Å². The first-order valence-electron chi connectivity index (χ1n) is 21.8. The average molecular weight is 704 g/mol. The number of carbonyl (C=O) groups is 1. The summed E-state index contributed by atoms with van der Waals surface area (Å²) in [6, 6.07) is -0.815. The monoisotopic (exact) mass is 704 g/mol. The number of nitrogens with one attached hydrogen (secondary N) is 1. The number of rotatable bonds is 39. The minimum absolute atomic E-state index is 0.378. The third kappa shape index (κ3) is 35.0. The number of aliphatic hydroxyl groups is 3. The van der Waals surface area contributed by atoms with Crippen molar-refractivity contribution in [3.8, 4) is 0 Å². The van der Waals surface area contributed by atoms with E-state index in [-0.39, 0.29) is 6.61 Å². The number of carbonyl (C=O) groups excluding carboxylic acids is 1. The highest BCUT2D eigenvalue weighted by Gasteiger charge is 2.22. The van der Waals surface area contributed by atoms with E-state index in [1.54, 1.807) is 6.08 Å². The maximum atomic E-state index is 12.4. The molecule has 5 heteroatoms. The molecule has 0 spiro atoms. The van der Waals surface area contributed by atoms with Crippen LogP contribution in [0.25, 0.3) is 0 Å². The van der Waals surface area contributed by atoms with Crippen LogP contribution in [0.4, 0.5) is 0 Å². The standard InChI is InChI=1S/C45H85NO4/c1-3-5-7-9-11-13-15-17-19-20-21-22-23-24-25-26-28-30-32-34-36-38-40-44(49)45(50)46-42(41-47)43(48)39-37-35-33-31-29-27-18-16-14-12-10-8-6-4-2/h24-25,29,31,37,39,42-44,47-49H,3-23,26-28,30,32-36,38,40-41H2,1-2H3,(H,46,50)/b25-24-,31-29+,39-37+. The van der Waals surface area contributed by atoms with Crippen molar-refractivity contribution in [1.29, 1.82) is 0 Å². The molecule has 0 aromatic rings. The third-order valence-electron chi connectivity index (χ3n) is 9.95. The van der Waals surface area contributed by atoms with Crippen molar-refractivity contribution in [2.24, 2.45) is 0 Å². The predicted molar refractivity (Wildman–Crippen MR) is 218 cm³/mol. The third-order valence-corrected chi connectivity index (χ3v) is 9.95. The minimum atomic E-state index is -1.11. The number of hydrogen-bond acceptors (Lipinski definition) is 4. The van der Waals surface area contributed by atoms with Crippen LogP contribution in [0.3, 0.4) is 0 Å². The normalized spacial score (nSPS) is 13.9. The second kappa shape index (κ2) is 40.3. The molecule has 0 aromatic carbocycles. The molecule has 0 saturated carbocycles. The van der Waals surface area contributed by atoms with E-state index in [1.165, 1.54) is 161 Å². The summed E-state index contributed by atoms with van der Waals surface area (Å²) >= 11 is 0. The fourth-order valence-corrected chi connectivity index (χ4v) is 6.49. The van der Waals surface area contributed by atoms with Crippen molar-refractivity contribution in [3.63, 3.8) is 0 Å². The summed E-state index contributed by atoms with van der Waals surface area (Å²) in [5.41, 5.74) is 0. The minimum Gasteiger partial charge on any atom is -0.394 e. The van der Waals surface area contributed by atoms with Gasteiger partial charge in [0.15, 0.2) is 0 Å². The number of amides is 1. The molecule has 0 aliphatic rings. The molecule has 0 fully saturated rings. The van der Waals surface area contributed by atoms with E-state index in [4.69, 9.17) is 0 Å². The summed E-state index contributed by atoms with van der Waals surface area (Å²) in [4.78, 5) is 12.4. The molecule has 4 N–H and O–H groups in total. The van der Waals surface area contributed by atoms with Crippen LogP contribution in [0, 0.1) is 0 Å². The van der Waals surface area contributed by atoms with Gasteiger partial charge in [-0.1, -0.05) is 198 Å². The maximum Gasteiger partial charge on any atom is 0.249 e. The second-order valence-corrected chi connectivity index (χ2v) is 14.9. The molecule has 0 aliphatic heterocycles. The quantitative estimate of drug-likeness (QED) is 0.0379. The summed E-state index contributed by atoms with van der Waals surface area (Å²) in [6.45, 7) is 4.16. The lowest BCUT2D eigenvalue weighted by Gasteiger charge is -2.21. The van der Waals surface area contributed by atoms with Crippen molar-refractivity contribution < 1.29 is 20.1 Å². The van der Waals surface area contributed by atoms with Crippen LogP contribution in [0.2, 0.25) is 0 Å². The van der Waals surface area contributed by atoms with Gasteiger partial charge in [-0.2, -0.15) is 0 Å². The van der Waals surface area contributed by atoms with Gasteiger partial charge in [0.25, 0.3) is 0 Å². The van der Waals surface area contributed by atoms with Crippen LogP contribution in [0.1, 0.15) is 219 Å². The van der Waals surface area contributed by atoms with Gasteiger partial charge in [-0.05, 0) is 57.8 Å². The zero-order valence-corrected chi connectivity index (χ0v) is 33.3. The van der Waals surface area contributed by atoms with E-state index < -0.39 is 24.2 Å². The van der Waals surface area contributed by atoms with Crippen LogP contribution in [0.5, 0.6) is 0 Å². The molecule has 294 valence electrons. The molecule has 0 heterocycles. The van der Waals surface area contributed by atoms with Crippen molar-refractivity contribution in [2.45, 2.75) is 238 Å². The Morgan fingerprint density at radius 1 is 0.480 bits per heavy atom. The zero-order valence-electron chi connectivity index (χ0n) is 33.3. The van der Waals surface area contributed by atoms with Gasteiger partial charge < -0.3 is 20.6 Å².